The van der Waals surface area contributed by atoms with Crippen LogP contribution < -0.4 is 11.5 Å². The molecule has 1 saturated carbocycles. The quantitative estimate of drug-likeness (QED) is 0.518. The molecule has 0 bridgehead atoms. The highest BCUT2D eigenvalue weighted by molar-refractivity contribution is 4.93. The van der Waals surface area contributed by atoms with E-state index in [1.165, 1.54) is 6.42 Å². The molecule has 66 valence electrons. The molecule has 3 atom stereocenters. The summed E-state index contributed by atoms with van der Waals surface area (Å²) in [6.45, 7) is 8.07. The van der Waals surface area contributed by atoms with Crippen LogP contribution in [-0.2, 0) is 0 Å². The van der Waals surface area contributed by atoms with Crippen LogP contribution in [0, 0.1) is 17.3 Å². The van der Waals surface area contributed by atoms with Crippen molar-refractivity contribution in [1.82, 2.24) is 0 Å². The molecule has 0 aromatic rings. The first-order valence-electron chi connectivity index (χ1n) is 4.61. The molecule has 2 nitrogen and oxygen atoms in total. The minimum absolute atomic E-state index is 0.480. The lowest BCUT2D eigenvalue weighted by atomic mass is 9.81. The van der Waals surface area contributed by atoms with Crippen molar-refractivity contribution in [3.05, 3.63) is 0 Å². The first-order chi connectivity index (χ1) is 4.99. The van der Waals surface area contributed by atoms with Gasteiger partial charge in [0, 0.05) is 5.92 Å². The van der Waals surface area contributed by atoms with Gasteiger partial charge >= 0.3 is 0 Å². The van der Waals surface area contributed by atoms with Gasteiger partial charge in [-0.1, -0.05) is 20.8 Å². The Balaban J connectivity index is 2.73. The van der Waals surface area contributed by atoms with E-state index in [1.807, 2.05) is 0 Å². The summed E-state index contributed by atoms with van der Waals surface area (Å²) >= 11 is 0. The largest absolute Gasteiger partial charge is 0.357 e. The van der Waals surface area contributed by atoms with Crippen molar-refractivity contribution >= 4 is 0 Å². The summed E-state index contributed by atoms with van der Waals surface area (Å²) in [5.74, 6) is 1.52. The molecule has 6 N–H and O–H groups in total. The predicted molar refractivity (Wildman–Crippen MR) is 45.5 cm³/mol. The molecular formula is C9H22N2+2. The lowest BCUT2D eigenvalue weighted by molar-refractivity contribution is -0.465. The monoisotopic (exact) mass is 158 g/mol. The normalized spacial score (nSPS) is 42.8. The number of hydrogen-bond acceptors (Lipinski definition) is 0. The second-order valence-corrected chi connectivity index (χ2v) is 4.73. The van der Waals surface area contributed by atoms with E-state index in [4.69, 9.17) is 0 Å². The molecule has 0 unspecified atom stereocenters. The molecule has 0 saturated heterocycles. The van der Waals surface area contributed by atoms with Crippen molar-refractivity contribution in [2.75, 3.05) is 6.54 Å². The Bertz CT molecular complexity index is 142. The van der Waals surface area contributed by atoms with Gasteiger partial charge in [0.2, 0.25) is 0 Å². The van der Waals surface area contributed by atoms with E-state index in [2.05, 4.69) is 32.2 Å². The summed E-state index contributed by atoms with van der Waals surface area (Å²) in [5.41, 5.74) is 8.71. The average Bonchev–Trinajstić information content (AvgIpc) is 2.03. The van der Waals surface area contributed by atoms with Crippen LogP contribution in [0.2, 0.25) is 0 Å². The molecule has 0 amide bonds. The molecule has 1 rings (SSSR count). The highest BCUT2D eigenvalue weighted by Crippen LogP contribution is 2.43. The summed E-state index contributed by atoms with van der Waals surface area (Å²) in [4.78, 5) is 0. The standard InChI is InChI=1S/C9H20N2/c1-6-4-9(2,3)7(5-10)8(6)11/h6-8H,4-5,10-11H2,1-3H3/p+2/t6-,7+,8+/m0/s1. The van der Waals surface area contributed by atoms with Crippen LogP contribution in [0.5, 0.6) is 0 Å². The fraction of sp³-hybridized carbons (Fsp3) is 1.00. The third-order valence-electron chi connectivity index (χ3n) is 3.41. The Hall–Kier alpha value is -0.0800. The van der Waals surface area contributed by atoms with Gasteiger partial charge in [-0.15, -0.1) is 0 Å². The van der Waals surface area contributed by atoms with E-state index in [9.17, 15) is 0 Å². The van der Waals surface area contributed by atoms with Crippen molar-refractivity contribution in [2.45, 2.75) is 33.2 Å². The maximum absolute atomic E-state index is 4.23. The van der Waals surface area contributed by atoms with Crippen molar-refractivity contribution in [1.29, 1.82) is 0 Å². The van der Waals surface area contributed by atoms with E-state index in [-0.39, 0.29) is 0 Å². The Morgan fingerprint density at radius 2 is 2.00 bits per heavy atom. The number of hydrogen-bond donors (Lipinski definition) is 2. The Morgan fingerprint density at radius 1 is 1.45 bits per heavy atom. The lowest BCUT2D eigenvalue weighted by Crippen LogP contribution is -2.70. The van der Waals surface area contributed by atoms with Crippen molar-refractivity contribution < 1.29 is 11.5 Å². The Labute approximate surface area is 69.3 Å². The zero-order chi connectivity index (χ0) is 8.65. The summed E-state index contributed by atoms with van der Waals surface area (Å²) in [5, 5.41) is 0. The molecule has 0 aromatic heterocycles. The SMILES string of the molecule is C[C@H]1CC(C)(C)[C@H](C[NH3+])[C@@H]1[NH3+]. The second-order valence-electron chi connectivity index (χ2n) is 4.73. The zero-order valence-corrected chi connectivity index (χ0v) is 8.06. The Kier molecular flexibility index (Phi) is 2.26. The average molecular weight is 158 g/mol. The van der Waals surface area contributed by atoms with Crippen LogP contribution in [0.25, 0.3) is 0 Å². The first kappa shape index (κ1) is 9.01. The predicted octanol–water partition coefficient (Wildman–Crippen LogP) is -0.479. The minimum Gasteiger partial charge on any atom is -0.357 e. The molecule has 0 aromatic carbocycles. The maximum atomic E-state index is 4.23. The molecule has 0 aliphatic heterocycles. The van der Waals surface area contributed by atoms with Gasteiger partial charge in [0.15, 0.2) is 0 Å². The van der Waals surface area contributed by atoms with Crippen molar-refractivity contribution in [3.63, 3.8) is 0 Å². The van der Waals surface area contributed by atoms with E-state index >= 15 is 0 Å². The lowest BCUT2D eigenvalue weighted by Gasteiger charge is -2.24. The molecular weight excluding hydrogens is 136 g/mol. The first-order valence-corrected chi connectivity index (χ1v) is 4.61. The Morgan fingerprint density at radius 3 is 2.18 bits per heavy atom. The second kappa shape index (κ2) is 2.76. The maximum Gasteiger partial charge on any atom is 0.0957 e. The van der Waals surface area contributed by atoms with Crippen LogP contribution >= 0.6 is 0 Å². The van der Waals surface area contributed by atoms with Gasteiger partial charge in [0.1, 0.15) is 0 Å². The summed E-state index contributed by atoms with van der Waals surface area (Å²) in [7, 11) is 0. The van der Waals surface area contributed by atoms with Crippen molar-refractivity contribution in [3.8, 4) is 0 Å². The molecule has 11 heavy (non-hydrogen) atoms. The van der Waals surface area contributed by atoms with Gasteiger partial charge in [-0.2, -0.15) is 0 Å². The van der Waals surface area contributed by atoms with E-state index in [0.717, 1.165) is 18.4 Å². The van der Waals surface area contributed by atoms with E-state index < -0.39 is 0 Å². The van der Waals surface area contributed by atoms with E-state index in [1.54, 1.807) is 0 Å². The molecule has 1 fully saturated rings. The highest BCUT2D eigenvalue weighted by atomic mass is 14.8. The fourth-order valence-electron chi connectivity index (χ4n) is 2.71. The molecule has 0 spiro atoms. The zero-order valence-electron chi connectivity index (χ0n) is 8.06. The van der Waals surface area contributed by atoms with Crippen LogP contribution in [0.4, 0.5) is 0 Å². The smallest absolute Gasteiger partial charge is 0.0957 e. The van der Waals surface area contributed by atoms with Gasteiger partial charge in [-0.3, -0.25) is 0 Å². The third kappa shape index (κ3) is 1.42. The molecule has 0 radical (unpaired) electrons. The number of quaternary nitrogens is 2. The molecule has 1 aliphatic rings. The topological polar surface area (TPSA) is 55.3 Å². The van der Waals surface area contributed by atoms with Gasteiger partial charge in [0.25, 0.3) is 0 Å². The number of rotatable bonds is 1. The van der Waals surface area contributed by atoms with Gasteiger partial charge in [-0.05, 0) is 11.8 Å². The summed E-state index contributed by atoms with van der Waals surface area (Å²) in [6, 6.07) is 0.627. The van der Waals surface area contributed by atoms with Crippen LogP contribution in [0.15, 0.2) is 0 Å². The summed E-state index contributed by atoms with van der Waals surface area (Å²) < 4.78 is 0. The molecule has 2 heteroatoms. The van der Waals surface area contributed by atoms with Crippen LogP contribution in [0.1, 0.15) is 27.2 Å². The van der Waals surface area contributed by atoms with Gasteiger partial charge < -0.3 is 11.5 Å². The van der Waals surface area contributed by atoms with Crippen molar-refractivity contribution in [2.24, 2.45) is 17.3 Å². The molecule has 0 heterocycles. The van der Waals surface area contributed by atoms with Gasteiger partial charge in [-0.25, -0.2) is 0 Å². The fourth-order valence-corrected chi connectivity index (χ4v) is 2.71. The third-order valence-corrected chi connectivity index (χ3v) is 3.41. The van der Waals surface area contributed by atoms with Crippen LogP contribution in [0.3, 0.4) is 0 Å². The highest BCUT2D eigenvalue weighted by Gasteiger charge is 2.47. The van der Waals surface area contributed by atoms with E-state index in [0.29, 0.717) is 11.5 Å². The van der Waals surface area contributed by atoms with Crippen LogP contribution in [-0.4, -0.2) is 12.6 Å². The summed E-state index contributed by atoms with van der Waals surface area (Å²) in [6.07, 6.45) is 1.32. The minimum atomic E-state index is 0.480. The van der Waals surface area contributed by atoms with Gasteiger partial charge in [0.05, 0.1) is 18.5 Å². The molecule has 1 aliphatic carbocycles.